The van der Waals surface area contributed by atoms with Crippen LogP contribution in [-0.2, 0) is 9.59 Å². The van der Waals surface area contributed by atoms with Gasteiger partial charge in [0.25, 0.3) is 0 Å². The first-order valence-corrected chi connectivity index (χ1v) is 7.75. The quantitative estimate of drug-likeness (QED) is 0.839. The number of carbonyl (C=O) groups excluding carboxylic acids is 2. The molecule has 1 aliphatic rings. The van der Waals surface area contributed by atoms with Crippen molar-refractivity contribution in [3.63, 3.8) is 0 Å². The molecule has 0 bridgehead atoms. The molecule has 1 aliphatic heterocycles. The first-order chi connectivity index (χ1) is 10.5. The highest BCUT2D eigenvalue weighted by atomic mass is 32.2. The predicted molar refractivity (Wildman–Crippen MR) is 82.8 cm³/mol. The summed E-state index contributed by atoms with van der Waals surface area (Å²) in [6.45, 7) is 2.06. The van der Waals surface area contributed by atoms with E-state index in [0.29, 0.717) is 16.5 Å². The number of rotatable bonds is 5. The minimum atomic E-state index is -0.371. The van der Waals surface area contributed by atoms with Crippen LogP contribution in [0, 0.1) is 5.82 Å². The van der Waals surface area contributed by atoms with Crippen LogP contribution in [0.1, 0.15) is 6.92 Å². The highest BCUT2D eigenvalue weighted by Crippen LogP contribution is 2.26. The second-order valence-electron chi connectivity index (χ2n) is 4.86. The van der Waals surface area contributed by atoms with Crippen molar-refractivity contribution in [2.45, 2.75) is 13.0 Å². The summed E-state index contributed by atoms with van der Waals surface area (Å²) in [5.41, 5.74) is 0. The van der Waals surface area contributed by atoms with Crippen LogP contribution in [-0.4, -0.2) is 42.2 Å². The van der Waals surface area contributed by atoms with Gasteiger partial charge in [-0.15, -0.1) is 0 Å². The lowest BCUT2D eigenvalue weighted by molar-refractivity contribution is -0.124. The fourth-order valence-corrected chi connectivity index (χ4v) is 2.76. The molecule has 0 aromatic heterocycles. The van der Waals surface area contributed by atoms with Gasteiger partial charge in [0.15, 0.2) is 0 Å². The number of benzene rings is 1. The molecule has 1 fully saturated rings. The molecule has 1 atom stereocenters. The summed E-state index contributed by atoms with van der Waals surface area (Å²) >= 11 is 1.33. The number of thioether (sulfide) groups is 1. The maximum absolute atomic E-state index is 13.0. The van der Waals surface area contributed by atoms with E-state index in [1.54, 1.807) is 26.1 Å². The molecule has 7 heteroatoms. The minimum absolute atomic E-state index is 0.0214. The fraction of sp³-hybridized carbons (Fsp3) is 0.333. The van der Waals surface area contributed by atoms with Crippen LogP contribution >= 0.6 is 11.8 Å². The lowest BCUT2D eigenvalue weighted by Crippen LogP contribution is -2.33. The number of nitrogens with zero attached hydrogens (tertiary/aromatic N) is 1. The van der Waals surface area contributed by atoms with Gasteiger partial charge in [-0.3, -0.25) is 9.59 Å². The summed E-state index contributed by atoms with van der Waals surface area (Å²) in [7, 11) is 1.64. The van der Waals surface area contributed by atoms with Gasteiger partial charge in [0.05, 0.1) is 17.3 Å². The molecule has 5 nitrogen and oxygen atoms in total. The standard InChI is InChI=1S/C15H17FN2O3S/c1-10(21-12-5-3-4-11(16)6-12)8-17-13(19)7-15-18(2)14(20)9-22-15/h3-7,10H,8-9H2,1-2H3,(H,17,19)/b15-7+. The molecule has 2 amide bonds. The third kappa shape index (κ3) is 4.49. The molecule has 22 heavy (non-hydrogen) atoms. The average molecular weight is 324 g/mol. The molecular formula is C15H17FN2O3S. The van der Waals surface area contributed by atoms with Crippen molar-refractivity contribution in [2.24, 2.45) is 0 Å². The van der Waals surface area contributed by atoms with Crippen molar-refractivity contribution in [2.75, 3.05) is 19.3 Å². The number of ether oxygens (including phenoxy) is 1. The Hall–Kier alpha value is -2.02. The topological polar surface area (TPSA) is 58.6 Å². The van der Waals surface area contributed by atoms with Crippen molar-refractivity contribution >= 4 is 23.6 Å². The highest BCUT2D eigenvalue weighted by Gasteiger charge is 2.23. The summed E-state index contributed by atoms with van der Waals surface area (Å²) in [5.74, 6) is 0.0844. The van der Waals surface area contributed by atoms with Crippen molar-refractivity contribution < 1.29 is 18.7 Å². The van der Waals surface area contributed by atoms with E-state index in [4.69, 9.17) is 4.74 Å². The fourth-order valence-electron chi connectivity index (χ4n) is 1.81. The average Bonchev–Trinajstić information content (AvgIpc) is 2.77. The SMILES string of the molecule is CC(CNC(=O)/C=C1/SCC(=O)N1C)Oc1cccc(F)c1. The molecular weight excluding hydrogens is 307 g/mol. The van der Waals surface area contributed by atoms with E-state index >= 15 is 0 Å². The number of hydrogen-bond acceptors (Lipinski definition) is 4. The van der Waals surface area contributed by atoms with E-state index in [9.17, 15) is 14.0 Å². The summed E-state index contributed by atoms with van der Waals surface area (Å²) in [6.07, 6.45) is 1.09. The largest absolute Gasteiger partial charge is 0.489 e. The normalized spacial score (nSPS) is 17.7. The molecule has 1 aromatic rings. The zero-order valence-electron chi connectivity index (χ0n) is 12.3. The molecule has 118 valence electrons. The van der Waals surface area contributed by atoms with Gasteiger partial charge in [-0.1, -0.05) is 17.8 Å². The van der Waals surface area contributed by atoms with Crippen molar-refractivity contribution in [1.82, 2.24) is 10.2 Å². The maximum Gasteiger partial charge on any atom is 0.246 e. The highest BCUT2D eigenvalue weighted by molar-refractivity contribution is 8.04. The molecule has 0 saturated carbocycles. The Morgan fingerprint density at radius 3 is 3.00 bits per heavy atom. The third-order valence-electron chi connectivity index (χ3n) is 3.00. The second-order valence-corrected chi connectivity index (χ2v) is 5.85. The molecule has 1 N–H and O–H groups in total. The molecule has 1 unspecified atom stereocenters. The molecule has 0 radical (unpaired) electrons. The Morgan fingerprint density at radius 1 is 1.59 bits per heavy atom. The van der Waals surface area contributed by atoms with Gasteiger partial charge >= 0.3 is 0 Å². The Kier molecular flexibility index (Phi) is 5.43. The van der Waals surface area contributed by atoms with Crippen LogP contribution in [0.5, 0.6) is 5.75 Å². The molecule has 0 spiro atoms. The molecule has 1 aromatic carbocycles. The monoisotopic (exact) mass is 324 g/mol. The van der Waals surface area contributed by atoms with Gasteiger partial charge in [0.1, 0.15) is 17.7 Å². The zero-order chi connectivity index (χ0) is 16.1. The number of amides is 2. The lowest BCUT2D eigenvalue weighted by Gasteiger charge is -2.15. The lowest BCUT2D eigenvalue weighted by atomic mass is 10.3. The van der Waals surface area contributed by atoms with E-state index < -0.39 is 0 Å². The van der Waals surface area contributed by atoms with Crippen LogP contribution in [0.25, 0.3) is 0 Å². The van der Waals surface area contributed by atoms with Crippen LogP contribution in [0.3, 0.4) is 0 Å². The van der Waals surface area contributed by atoms with Gasteiger partial charge in [-0.2, -0.15) is 0 Å². The Balaban J connectivity index is 1.81. The summed E-state index contributed by atoms with van der Waals surface area (Å²) in [4.78, 5) is 24.6. The van der Waals surface area contributed by atoms with Crippen LogP contribution in [0.4, 0.5) is 4.39 Å². The van der Waals surface area contributed by atoms with Crippen LogP contribution < -0.4 is 10.1 Å². The third-order valence-corrected chi connectivity index (χ3v) is 4.08. The zero-order valence-corrected chi connectivity index (χ0v) is 13.2. The number of halogens is 1. The van der Waals surface area contributed by atoms with Gasteiger partial charge in [-0.05, 0) is 19.1 Å². The molecule has 2 rings (SSSR count). The van der Waals surface area contributed by atoms with E-state index in [1.165, 1.54) is 34.9 Å². The molecule has 0 aliphatic carbocycles. The first kappa shape index (κ1) is 16.4. The summed E-state index contributed by atoms with van der Waals surface area (Å²) in [5, 5.41) is 3.32. The van der Waals surface area contributed by atoms with Gasteiger partial charge < -0.3 is 15.0 Å². The van der Waals surface area contributed by atoms with E-state index in [2.05, 4.69) is 5.32 Å². The van der Waals surface area contributed by atoms with E-state index in [1.807, 2.05) is 0 Å². The second kappa shape index (κ2) is 7.31. The summed E-state index contributed by atoms with van der Waals surface area (Å²) in [6, 6.07) is 5.84. The minimum Gasteiger partial charge on any atom is -0.489 e. The van der Waals surface area contributed by atoms with E-state index in [0.717, 1.165) is 0 Å². The van der Waals surface area contributed by atoms with Crippen LogP contribution in [0.2, 0.25) is 0 Å². The van der Waals surface area contributed by atoms with Crippen molar-refractivity contribution in [3.8, 4) is 5.75 Å². The van der Waals surface area contributed by atoms with Gasteiger partial charge in [0.2, 0.25) is 11.8 Å². The van der Waals surface area contributed by atoms with E-state index in [-0.39, 0.29) is 30.3 Å². The van der Waals surface area contributed by atoms with Gasteiger partial charge in [-0.25, -0.2) is 4.39 Å². The summed E-state index contributed by atoms with van der Waals surface area (Å²) < 4.78 is 18.5. The smallest absolute Gasteiger partial charge is 0.246 e. The molecule has 1 heterocycles. The number of hydrogen-bond donors (Lipinski definition) is 1. The Morgan fingerprint density at radius 2 is 2.36 bits per heavy atom. The van der Waals surface area contributed by atoms with Crippen LogP contribution in [0.15, 0.2) is 35.4 Å². The van der Waals surface area contributed by atoms with Crippen molar-refractivity contribution in [3.05, 3.63) is 41.2 Å². The maximum atomic E-state index is 13.0. The first-order valence-electron chi connectivity index (χ1n) is 6.77. The number of carbonyl (C=O) groups is 2. The molecule has 1 saturated heterocycles. The number of nitrogens with one attached hydrogen (secondary N) is 1. The van der Waals surface area contributed by atoms with Gasteiger partial charge in [0, 0.05) is 19.2 Å². The Labute approximate surface area is 132 Å². The predicted octanol–water partition coefficient (Wildman–Crippen LogP) is 1.76. The Bertz CT molecular complexity index is 606. The van der Waals surface area contributed by atoms with Crippen molar-refractivity contribution in [1.29, 1.82) is 0 Å².